The molecule has 0 aliphatic carbocycles. The zero-order valence-corrected chi connectivity index (χ0v) is 28.0. The van der Waals surface area contributed by atoms with Crippen molar-refractivity contribution in [1.82, 2.24) is 35.6 Å². The number of nitrogens with one attached hydrogen (secondary N) is 4. The molecule has 5 rings (SSSR count). The van der Waals surface area contributed by atoms with Crippen molar-refractivity contribution >= 4 is 63.3 Å². The van der Waals surface area contributed by atoms with E-state index in [2.05, 4.69) is 35.9 Å². The van der Waals surface area contributed by atoms with E-state index in [0.717, 1.165) is 40.5 Å². The van der Waals surface area contributed by atoms with Gasteiger partial charge in [-0.05, 0) is 43.1 Å². The second kappa shape index (κ2) is 18.5. The Morgan fingerprint density at radius 3 is 1.98 bits per heavy atom. The molecule has 1 fully saturated rings. The average Bonchev–Trinajstić information content (AvgIpc) is 3.75. The number of nitrogens with zero attached hydrogens (tertiary/aromatic N) is 4. The number of carbonyl (C=O) groups excluding carboxylic acids is 1. The van der Waals surface area contributed by atoms with Crippen LogP contribution in [-0.4, -0.2) is 102 Å². The highest BCUT2D eigenvalue weighted by Crippen LogP contribution is 2.38. The van der Waals surface area contributed by atoms with Crippen LogP contribution in [0.2, 0.25) is 5.02 Å². The Kier molecular flexibility index (Phi) is 15.3. The minimum absolute atomic E-state index is 0.0180. The molecule has 0 spiro atoms. The number of carbonyl (C=O) groups is 4. The van der Waals surface area contributed by atoms with Crippen LogP contribution in [0.5, 0.6) is 0 Å². The molecule has 1 aromatic carbocycles. The molecule has 0 unspecified atom stereocenters. The molecule has 296 valence electrons. The third-order valence-electron chi connectivity index (χ3n) is 6.89. The van der Waals surface area contributed by atoms with Gasteiger partial charge in [-0.3, -0.25) is 9.78 Å². The number of pyridine rings is 1. The topological polar surface area (TPSA) is 232 Å². The minimum atomic E-state index is -5.08. The van der Waals surface area contributed by atoms with Gasteiger partial charge in [-0.15, -0.1) is 0 Å². The number of imidazole rings is 1. The number of fused-ring (bicyclic) bond motifs is 2. The molecule has 1 aliphatic heterocycles. The van der Waals surface area contributed by atoms with Gasteiger partial charge in [-0.2, -0.15) is 39.5 Å². The summed E-state index contributed by atoms with van der Waals surface area (Å²) >= 11 is 6.68. The number of alkyl halides is 9. The van der Waals surface area contributed by atoms with Crippen LogP contribution in [0, 0.1) is 0 Å². The van der Waals surface area contributed by atoms with Crippen molar-refractivity contribution in [3.63, 3.8) is 0 Å². The monoisotopic (exact) mass is 806 g/mol. The van der Waals surface area contributed by atoms with E-state index in [4.69, 9.17) is 46.3 Å². The van der Waals surface area contributed by atoms with Crippen molar-refractivity contribution in [3.05, 3.63) is 53.2 Å². The van der Waals surface area contributed by atoms with E-state index in [1.807, 2.05) is 25.1 Å². The van der Waals surface area contributed by atoms with E-state index in [-0.39, 0.29) is 5.91 Å². The van der Waals surface area contributed by atoms with Crippen molar-refractivity contribution in [2.45, 2.75) is 50.3 Å². The maximum Gasteiger partial charge on any atom is 0.490 e. The summed E-state index contributed by atoms with van der Waals surface area (Å²) in [6, 6.07) is 5.87. The Morgan fingerprint density at radius 1 is 0.907 bits per heavy atom. The number of benzene rings is 1. The van der Waals surface area contributed by atoms with Crippen molar-refractivity contribution < 1.29 is 74.0 Å². The van der Waals surface area contributed by atoms with Crippen molar-refractivity contribution in [2.75, 3.05) is 25.0 Å². The van der Waals surface area contributed by atoms with E-state index < -0.39 is 42.0 Å². The molecule has 1 aliphatic rings. The van der Waals surface area contributed by atoms with Gasteiger partial charge in [0.15, 0.2) is 11.5 Å². The molecule has 4 aromatic rings. The standard InChI is InChI=1S/C23H25ClN8O.3C2HF3O2/c1-2-17(33)32-23(6-9-25-11-23)18-14(10-16(24)15-4-3-7-26-19(15)18)5-8-27-21-20-22(29-12-28-20)31-13-30-21;3*3-2(4,5)1(6)7/h3-4,7,10,12-13,25H,2,5-6,8-9,11H2,1H3,(H,32,33)(H2,27,28,29,30,31);3*(H,6,7)/t23-;;;/m1.../s1. The van der Waals surface area contributed by atoms with Gasteiger partial charge in [0.2, 0.25) is 5.91 Å². The molecule has 1 atom stereocenters. The van der Waals surface area contributed by atoms with E-state index >= 15 is 0 Å². The largest absolute Gasteiger partial charge is 0.490 e. The fourth-order valence-corrected chi connectivity index (χ4v) is 4.91. The predicted octanol–water partition coefficient (Wildman–Crippen LogP) is 4.82. The lowest BCUT2D eigenvalue weighted by Crippen LogP contribution is -2.48. The van der Waals surface area contributed by atoms with Gasteiger partial charge in [0.1, 0.15) is 11.8 Å². The summed E-state index contributed by atoms with van der Waals surface area (Å²) in [7, 11) is 0. The number of aromatic nitrogens is 5. The van der Waals surface area contributed by atoms with Crippen LogP contribution in [0.15, 0.2) is 37.1 Å². The van der Waals surface area contributed by atoms with Crippen LogP contribution in [0.3, 0.4) is 0 Å². The highest BCUT2D eigenvalue weighted by molar-refractivity contribution is 6.35. The van der Waals surface area contributed by atoms with E-state index in [1.165, 1.54) is 6.33 Å². The van der Waals surface area contributed by atoms with Crippen molar-refractivity contribution in [2.24, 2.45) is 0 Å². The first-order valence-electron chi connectivity index (χ1n) is 14.8. The third-order valence-corrected chi connectivity index (χ3v) is 7.21. The maximum atomic E-state index is 12.5. The molecule has 0 saturated carbocycles. The minimum Gasteiger partial charge on any atom is -0.475 e. The maximum absolute atomic E-state index is 12.5. The third kappa shape index (κ3) is 12.6. The molecular formula is C29H28ClF9N8O7. The average molecular weight is 807 g/mol. The summed E-state index contributed by atoms with van der Waals surface area (Å²) in [5, 5.41) is 33.0. The van der Waals surface area contributed by atoms with E-state index in [0.29, 0.717) is 42.4 Å². The lowest BCUT2D eigenvalue weighted by atomic mass is 9.82. The van der Waals surface area contributed by atoms with Crippen LogP contribution in [-0.2, 0) is 31.1 Å². The van der Waals surface area contributed by atoms with Crippen LogP contribution in [0.25, 0.3) is 22.1 Å². The van der Waals surface area contributed by atoms with Gasteiger partial charge < -0.3 is 36.3 Å². The second-order valence-corrected chi connectivity index (χ2v) is 11.0. The number of aromatic amines is 1. The molecule has 0 radical (unpaired) electrons. The van der Waals surface area contributed by atoms with E-state index in [1.54, 1.807) is 12.5 Å². The van der Waals surface area contributed by atoms with Gasteiger partial charge in [0.25, 0.3) is 0 Å². The van der Waals surface area contributed by atoms with Crippen LogP contribution >= 0.6 is 11.6 Å². The Morgan fingerprint density at radius 2 is 1.48 bits per heavy atom. The summed E-state index contributed by atoms with van der Waals surface area (Å²) in [4.78, 5) is 59.7. The summed E-state index contributed by atoms with van der Waals surface area (Å²) < 4.78 is 95.2. The number of carboxylic acids is 3. The van der Waals surface area contributed by atoms with Gasteiger partial charge >= 0.3 is 36.4 Å². The molecular weight excluding hydrogens is 779 g/mol. The zero-order valence-electron chi connectivity index (χ0n) is 27.2. The number of hydrogen-bond acceptors (Lipinski definition) is 10. The van der Waals surface area contributed by atoms with Gasteiger partial charge in [-0.25, -0.2) is 29.3 Å². The Bertz CT molecular complexity index is 1880. The molecule has 4 heterocycles. The first-order valence-corrected chi connectivity index (χ1v) is 15.2. The van der Waals surface area contributed by atoms with Gasteiger partial charge in [-0.1, -0.05) is 18.5 Å². The number of amides is 1. The molecule has 25 heteroatoms. The Labute approximate surface area is 301 Å². The molecule has 15 nitrogen and oxygen atoms in total. The normalized spacial score (nSPS) is 15.5. The lowest BCUT2D eigenvalue weighted by molar-refractivity contribution is -0.193. The molecule has 3 aromatic heterocycles. The van der Waals surface area contributed by atoms with Crippen LogP contribution in [0.4, 0.5) is 45.3 Å². The van der Waals surface area contributed by atoms with Crippen LogP contribution in [0.1, 0.15) is 30.9 Å². The molecule has 1 amide bonds. The van der Waals surface area contributed by atoms with E-state index in [9.17, 15) is 44.3 Å². The molecule has 54 heavy (non-hydrogen) atoms. The first-order chi connectivity index (χ1) is 24.9. The zero-order chi connectivity index (χ0) is 41.1. The lowest BCUT2D eigenvalue weighted by Gasteiger charge is -2.33. The molecule has 1 saturated heterocycles. The number of halogens is 10. The Hall–Kier alpha value is -5.52. The SMILES string of the molecule is CCC(=O)N[C@]1(c2c(CCNc3ncnc4nc[nH]c34)cc(Cl)c3cccnc23)CCNC1.O=C(O)C(F)(F)F.O=C(O)C(F)(F)F.O=C(O)C(F)(F)F. The fraction of sp³-hybridized carbons (Fsp3) is 0.379. The molecule has 0 bridgehead atoms. The predicted molar refractivity (Wildman–Crippen MR) is 169 cm³/mol. The smallest absolute Gasteiger partial charge is 0.475 e. The summed E-state index contributed by atoms with van der Waals surface area (Å²) in [6.45, 7) is 3.94. The van der Waals surface area contributed by atoms with Crippen molar-refractivity contribution in [1.29, 1.82) is 0 Å². The highest BCUT2D eigenvalue weighted by atomic mass is 35.5. The number of aliphatic carboxylic acids is 3. The fourth-order valence-electron chi connectivity index (χ4n) is 4.63. The van der Waals surface area contributed by atoms with Gasteiger partial charge in [0, 0.05) is 36.7 Å². The quantitative estimate of drug-likeness (QED) is 0.124. The van der Waals surface area contributed by atoms with Gasteiger partial charge in [0.05, 0.1) is 22.4 Å². The Balaban J connectivity index is 0.000000393. The summed E-state index contributed by atoms with van der Waals surface area (Å²) in [5.41, 5.74) is 3.76. The molecule has 7 N–H and O–H groups in total. The van der Waals surface area contributed by atoms with Crippen LogP contribution < -0.4 is 16.0 Å². The number of rotatable bonds is 7. The number of H-pyrrole nitrogens is 1. The number of carboxylic acid groups (broad SMARTS) is 3. The number of anilines is 1. The summed E-state index contributed by atoms with van der Waals surface area (Å²) in [5.74, 6) is -7.56. The number of hydrogen-bond donors (Lipinski definition) is 7. The van der Waals surface area contributed by atoms with Crippen molar-refractivity contribution in [3.8, 4) is 0 Å². The highest BCUT2D eigenvalue weighted by Gasteiger charge is 2.41. The second-order valence-electron chi connectivity index (χ2n) is 10.6. The first kappa shape index (κ1) is 44.6. The summed E-state index contributed by atoms with van der Waals surface area (Å²) in [6.07, 6.45) is -8.50.